The van der Waals surface area contributed by atoms with Crippen LogP contribution < -0.4 is 0 Å². The summed E-state index contributed by atoms with van der Waals surface area (Å²) in [5.41, 5.74) is 1.37. The van der Waals surface area contributed by atoms with Crippen molar-refractivity contribution in [2.45, 2.75) is 78.7 Å². The number of aryl methyl sites for hydroxylation is 1. The predicted molar refractivity (Wildman–Crippen MR) is 109 cm³/mol. The summed E-state index contributed by atoms with van der Waals surface area (Å²) in [6.45, 7) is 10.9. The molecule has 1 aromatic carbocycles. The smallest absolute Gasteiger partial charge is 0.410 e. The second-order valence-corrected chi connectivity index (χ2v) is 8.92. The Hall–Kier alpha value is -1.84. The number of hydrogen-bond acceptors (Lipinski definition) is 3. The first kappa shape index (κ1) is 21.5. The van der Waals surface area contributed by atoms with Gasteiger partial charge in [0.05, 0.1) is 5.41 Å². The lowest BCUT2D eigenvalue weighted by Gasteiger charge is -2.42. The number of nitrogens with zero attached hydrogens (tertiary/aromatic N) is 1. The molecule has 1 unspecified atom stereocenters. The first-order chi connectivity index (χ1) is 12.7. The molecular formula is C23H35NO3. The minimum atomic E-state index is -0.528. The fourth-order valence-electron chi connectivity index (χ4n) is 3.86. The maximum absolute atomic E-state index is 13.3. The molecule has 0 spiro atoms. The highest BCUT2D eigenvalue weighted by Crippen LogP contribution is 2.37. The van der Waals surface area contributed by atoms with Crippen LogP contribution in [0.5, 0.6) is 0 Å². The van der Waals surface area contributed by atoms with Crippen LogP contribution in [0.1, 0.15) is 70.9 Å². The van der Waals surface area contributed by atoms with E-state index in [1.807, 2.05) is 32.9 Å². The van der Waals surface area contributed by atoms with Gasteiger partial charge in [0.2, 0.25) is 0 Å². The quantitative estimate of drug-likeness (QED) is 0.678. The van der Waals surface area contributed by atoms with Gasteiger partial charge in [-0.1, -0.05) is 37.6 Å². The number of likely N-dealkylation sites (tertiary alicyclic amines) is 1. The Kier molecular flexibility index (Phi) is 7.07. The monoisotopic (exact) mass is 373 g/mol. The van der Waals surface area contributed by atoms with Crippen LogP contribution in [0.15, 0.2) is 24.3 Å². The zero-order valence-corrected chi connectivity index (χ0v) is 17.6. The fraction of sp³-hybridized carbons (Fsp3) is 0.652. The lowest BCUT2D eigenvalue weighted by molar-refractivity contribution is -0.132. The molecule has 1 saturated heterocycles. The first-order valence-electron chi connectivity index (χ1n) is 10.2. The molecule has 1 amide bonds. The SMILES string of the molecule is CCCCC(=O)C1(Cc2ccccc2C)CCCN(C(=O)OC(C)(C)C)C1. The second kappa shape index (κ2) is 8.90. The van der Waals surface area contributed by atoms with Crippen LogP contribution >= 0.6 is 0 Å². The van der Waals surface area contributed by atoms with E-state index in [2.05, 4.69) is 26.0 Å². The van der Waals surface area contributed by atoms with Crippen molar-refractivity contribution in [2.24, 2.45) is 5.41 Å². The standard InChI is InChI=1S/C23H35NO3/c1-6-7-13-20(25)23(16-19-12-9-8-11-18(19)2)14-10-15-24(17-23)21(26)27-22(3,4)5/h8-9,11-12H,6-7,10,13-17H2,1-5H3. The lowest BCUT2D eigenvalue weighted by Crippen LogP contribution is -2.52. The van der Waals surface area contributed by atoms with Crippen molar-refractivity contribution in [3.63, 3.8) is 0 Å². The molecule has 1 atom stereocenters. The minimum absolute atomic E-state index is 0.292. The van der Waals surface area contributed by atoms with Gasteiger partial charge in [-0.05, 0) is 64.5 Å². The molecule has 1 aliphatic rings. The average molecular weight is 374 g/mol. The molecular weight excluding hydrogens is 338 g/mol. The van der Waals surface area contributed by atoms with Gasteiger partial charge >= 0.3 is 6.09 Å². The molecule has 4 nitrogen and oxygen atoms in total. The Morgan fingerprint density at radius 1 is 1.22 bits per heavy atom. The van der Waals surface area contributed by atoms with Crippen molar-refractivity contribution in [1.29, 1.82) is 0 Å². The Balaban J connectivity index is 2.27. The third-order valence-corrected chi connectivity index (χ3v) is 5.37. The largest absolute Gasteiger partial charge is 0.444 e. The fourth-order valence-corrected chi connectivity index (χ4v) is 3.86. The van der Waals surface area contributed by atoms with Gasteiger partial charge in [-0.3, -0.25) is 4.79 Å². The summed E-state index contributed by atoms with van der Waals surface area (Å²) in [6, 6.07) is 8.25. The van der Waals surface area contributed by atoms with E-state index in [0.717, 1.165) is 25.7 Å². The van der Waals surface area contributed by atoms with Gasteiger partial charge in [-0.2, -0.15) is 0 Å². The van der Waals surface area contributed by atoms with Crippen LogP contribution in [0.25, 0.3) is 0 Å². The third kappa shape index (κ3) is 5.82. The molecule has 0 radical (unpaired) electrons. The maximum Gasteiger partial charge on any atom is 0.410 e. The van der Waals surface area contributed by atoms with Gasteiger partial charge in [-0.25, -0.2) is 4.79 Å². The van der Waals surface area contributed by atoms with Crippen molar-refractivity contribution in [3.05, 3.63) is 35.4 Å². The van der Waals surface area contributed by atoms with Crippen molar-refractivity contribution in [1.82, 2.24) is 4.90 Å². The number of carbonyl (C=O) groups is 2. The number of unbranched alkanes of at least 4 members (excludes halogenated alkanes) is 1. The molecule has 0 N–H and O–H groups in total. The zero-order valence-electron chi connectivity index (χ0n) is 17.6. The number of ketones is 1. The first-order valence-corrected chi connectivity index (χ1v) is 10.2. The van der Waals surface area contributed by atoms with Crippen molar-refractivity contribution < 1.29 is 14.3 Å². The van der Waals surface area contributed by atoms with Gasteiger partial charge in [0.1, 0.15) is 11.4 Å². The van der Waals surface area contributed by atoms with E-state index in [1.165, 1.54) is 11.1 Å². The number of ether oxygens (including phenoxy) is 1. The van der Waals surface area contributed by atoms with Crippen LogP contribution in [-0.4, -0.2) is 35.5 Å². The highest BCUT2D eigenvalue weighted by molar-refractivity contribution is 5.86. The van der Waals surface area contributed by atoms with Crippen molar-refractivity contribution >= 4 is 11.9 Å². The minimum Gasteiger partial charge on any atom is -0.444 e. The Bertz CT molecular complexity index is 662. The van der Waals surface area contributed by atoms with Crippen molar-refractivity contribution in [2.75, 3.05) is 13.1 Å². The van der Waals surface area contributed by atoms with E-state index < -0.39 is 11.0 Å². The lowest BCUT2D eigenvalue weighted by atomic mass is 9.70. The molecule has 1 fully saturated rings. The molecule has 1 aromatic rings. The van der Waals surface area contributed by atoms with Gasteiger partial charge in [0.15, 0.2) is 0 Å². The number of Topliss-reactive ketones (excluding diaryl/α,β-unsaturated/α-hetero) is 1. The number of carbonyl (C=O) groups excluding carboxylic acids is 2. The third-order valence-electron chi connectivity index (χ3n) is 5.37. The summed E-state index contributed by atoms with van der Waals surface area (Å²) in [5, 5.41) is 0. The van der Waals surface area contributed by atoms with Crippen molar-refractivity contribution in [3.8, 4) is 0 Å². The summed E-state index contributed by atoms with van der Waals surface area (Å²) in [5.74, 6) is 0.292. The summed E-state index contributed by atoms with van der Waals surface area (Å²) >= 11 is 0. The Labute approximate surface area is 164 Å². The Morgan fingerprint density at radius 3 is 2.56 bits per heavy atom. The number of amides is 1. The van der Waals surface area contributed by atoms with Gasteiger partial charge in [-0.15, -0.1) is 0 Å². The topological polar surface area (TPSA) is 46.6 Å². The molecule has 0 aromatic heterocycles. The van der Waals surface area contributed by atoms with Gasteiger partial charge in [0.25, 0.3) is 0 Å². The number of piperidine rings is 1. The summed E-state index contributed by atoms with van der Waals surface area (Å²) < 4.78 is 5.58. The molecule has 4 heteroatoms. The molecule has 0 saturated carbocycles. The molecule has 150 valence electrons. The average Bonchev–Trinajstić information content (AvgIpc) is 2.60. The molecule has 0 bridgehead atoms. The summed E-state index contributed by atoms with van der Waals surface area (Å²) in [7, 11) is 0. The molecule has 1 aliphatic heterocycles. The predicted octanol–water partition coefficient (Wildman–Crippen LogP) is 5.31. The van der Waals surface area contributed by atoms with E-state index in [0.29, 0.717) is 31.7 Å². The Morgan fingerprint density at radius 2 is 1.93 bits per heavy atom. The van der Waals surface area contributed by atoms with E-state index in [9.17, 15) is 9.59 Å². The number of hydrogen-bond donors (Lipinski definition) is 0. The van der Waals surface area contributed by atoms with Crippen LogP contribution in [0.2, 0.25) is 0 Å². The van der Waals surface area contributed by atoms with Gasteiger partial charge < -0.3 is 9.64 Å². The number of benzene rings is 1. The van der Waals surface area contributed by atoms with E-state index in [-0.39, 0.29) is 6.09 Å². The van der Waals surface area contributed by atoms with Crippen LogP contribution in [-0.2, 0) is 16.0 Å². The highest BCUT2D eigenvalue weighted by Gasteiger charge is 2.43. The van der Waals surface area contributed by atoms with Crippen LogP contribution in [0.4, 0.5) is 4.79 Å². The van der Waals surface area contributed by atoms with Gasteiger partial charge in [0, 0.05) is 19.5 Å². The normalized spacial score (nSPS) is 20.4. The summed E-state index contributed by atoms with van der Waals surface area (Å²) in [6.07, 6.45) is 4.56. The van der Waals surface area contributed by atoms with Crippen LogP contribution in [0.3, 0.4) is 0 Å². The summed E-state index contributed by atoms with van der Waals surface area (Å²) in [4.78, 5) is 27.7. The molecule has 1 heterocycles. The molecule has 0 aliphatic carbocycles. The van der Waals surface area contributed by atoms with E-state index in [1.54, 1.807) is 4.90 Å². The molecule has 2 rings (SSSR count). The number of rotatable bonds is 6. The zero-order chi connectivity index (χ0) is 20.1. The highest BCUT2D eigenvalue weighted by atomic mass is 16.6. The van der Waals surface area contributed by atoms with Crippen LogP contribution in [0, 0.1) is 12.3 Å². The molecule has 27 heavy (non-hydrogen) atoms. The second-order valence-electron chi connectivity index (χ2n) is 8.92. The maximum atomic E-state index is 13.3. The van der Waals surface area contributed by atoms with E-state index in [4.69, 9.17) is 4.74 Å². The van der Waals surface area contributed by atoms with E-state index >= 15 is 0 Å².